The number of piperidine rings is 1. The number of fused-ring (bicyclic) bond motifs is 3. The number of aryl methyl sites for hydroxylation is 1. The highest BCUT2D eigenvalue weighted by Crippen LogP contribution is 2.44. The van der Waals surface area contributed by atoms with Crippen LogP contribution in [0.5, 0.6) is 11.5 Å². The van der Waals surface area contributed by atoms with Crippen LogP contribution < -0.4 is 9.47 Å². The van der Waals surface area contributed by atoms with Crippen molar-refractivity contribution in [3.05, 3.63) is 162 Å². The molecule has 2 fully saturated rings. The van der Waals surface area contributed by atoms with Crippen LogP contribution in [-0.2, 0) is 25.5 Å². The van der Waals surface area contributed by atoms with E-state index in [1.54, 1.807) is 59.5 Å². The fourth-order valence-corrected chi connectivity index (χ4v) is 8.73. The Morgan fingerprint density at radius 3 is 2.01 bits per heavy atom. The van der Waals surface area contributed by atoms with Crippen molar-refractivity contribution >= 4 is 30.0 Å². The first kappa shape index (κ1) is 46.6. The molecule has 2 atom stereocenters. The normalized spacial score (nSPS) is 16.4. The number of hydrogen-bond donors (Lipinski definition) is 1. The van der Waals surface area contributed by atoms with Crippen LogP contribution in [0.3, 0.4) is 0 Å². The number of methoxy groups -OCH3 is 1. The van der Waals surface area contributed by atoms with E-state index in [4.69, 9.17) is 23.4 Å². The SMILES string of the molecule is COC(=O)C1CCCN(C(=O)OCC2c3ccccc3-c3ccccc32)C1.Cc1oc(-c2ccccc2)nc1CCOc1ccc(C(=O)N2CCN(C(=O)Oc3ccccc3)CC2C(=O)O)cc1. The van der Waals surface area contributed by atoms with Gasteiger partial charge in [-0.2, -0.15) is 0 Å². The molecular weight excluding hydrogens is 869 g/mol. The molecule has 3 amide bonds. The zero-order valence-corrected chi connectivity index (χ0v) is 37.8. The third kappa shape index (κ3) is 10.8. The van der Waals surface area contributed by atoms with E-state index >= 15 is 0 Å². The fourth-order valence-electron chi connectivity index (χ4n) is 8.73. The molecule has 1 aliphatic carbocycles. The van der Waals surface area contributed by atoms with Gasteiger partial charge in [0.15, 0.2) is 0 Å². The van der Waals surface area contributed by atoms with E-state index in [9.17, 15) is 29.1 Å². The maximum absolute atomic E-state index is 13.2. The number of benzene rings is 5. The van der Waals surface area contributed by atoms with Crippen LogP contribution in [0.1, 0.15) is 51.7 Å². The van der Waals surface area contributed by atoms with Crippen LogP contribution in [0.4, 0.5) is 9.59 Å². The van der Waals surface area contributed by atoms with Crippen molar-refractivity contribution in [2.75, 3.05) is 53.0 Å². The van der Waals surface area contributed by atoms with Gasteiger partial charge >= 0.3 is 24.1 Å². The Labute approximate surface area is 393 Å². The zero-order valence-electron chi connectivity index (χ0n) is 37.8. The second kappa shape index (κ2) is 21.6. The average Bonchev–Trinajstić information content (AvgIpc) is 3.92. The van der Waals surface area contributed by atoms with Crippen LogP contribution in [0, 0.1) is 12.8 Å². The van der Waals surface area contributed by atoms with E-state index in [-0.39, 0.29) is 43.5 Å². The van der Waals surface area contributed by atoms with Crippen molar-refractivity contribution in [2.45, 2.75) is 38.1 Å². The molecule has 0 radical (unpaired) electrons. The summed E-state index contributed by atoms with van der Waals surface area (Å²) in [5.74, 6) is 0.107. The van der Waals surface area contributed by atoms with Crippen LogP contribution in [0.2, 0.25) is 0 Å². The minimum Gasteiger partial charge on any atom is -0.493 e. The molecule has 15 heteroatoms. The van der Waals surface area contributed by atoms with E-state index in [0.29, 0.717) is 55.7 Å². The molecule has 1 aromatic heterocycles. The summed E-state index contributed by atoms with van der Waals surface area (Å²) >= 11 is 0. The molecule has 0 saturated carbocycles. The zero-order chi connectivity index (χ0) is 47.6. The molecule has 1 N–H and O–H groups in total. The Morgan fingerprint density at radius 2 is 1.35 bits per heavy atom. The van der Waals surface area contributed by atoms with Crippen molar-refractivity contribution in [2.24, 2.45) is 5.92 Å². The van der Waals surface area contributed by atoms with Gasteiger partial charge < -0.3 is 43.2 Å². The predicted octanol–water partition coefficient (Wildman–Crippen LogP) is 8.50. The number of likely N-dealkylation sites (tertiary alicyclic amines) is 1. The summed E-state index contributed by atoms with van der Waals surface area (Å²) in [5.41, 5.74) is 6.83. The lowest BCUT2D eigenvalue weighted by atomic mass is 9.98. The smallest absolute Gasteiger partial charge is 0.415 e. The number of aromatic nitrogens is 1. The number of oxazole rings is 1. The van der Waals surface area contributed by atoms with Gasteiger partial charge in [0.1, 0.15) is 29.9 Å². The Kier molecular flexibility index (Phi) is 14.8. The molecule has 15 nitrogen and oxygen atoms in total. The van der Waals surface area contributed by atoms with Crippen molar-refractivity contribution in [3.63, 3.8) is 0 Å². The number of carboxylic acid groups (broad SMARTS) is 1. The number of carbonyl (C=O) groups excluding carboxylic acids is 4. The van der Waals surface area contributed by atoms with Crippen LogP contribution in [0.25, 0.3) is 22.6 Å². The lowest BCUT2D eigenvalue weighted by Gasteiger charge is -2.38. The predicted molar refractivity (Wildman–Crippen MR) is 250 cm³/mol. The molecule has 2 aliphatic heterocycles. The van der Waals surface area contributed by atoms with E-state index < -0.39 is 24.0 Å². The lowest BCUT2D eigenvalue weighted by molar-refractivity contribution is -0.147. The summed E-state index contributed by atoms with van der Waals surface area (Å²) in [6.07, 6.45) is 1.06. The van der Waals surface area contributed by atoms with E-state index in [1.807, 2.05) is 61.5 Å². The quantitative estimate of drug-likeness (QED) is 0.123. The second-order valence-corrected chi connectivity index (χ2v) is 16.6. The van der Waals surface area contributed by atoms with E-state index in [1.165, 1.54) is 39.2 Å². The first-order valence-electron chi connectivity index (χ1n) is 22.6. The second-order valence-electron chi connectivity index (χ2n) is 16.6. The molecule has 2 unspecified atom stereocenters. The van der Waals surface area contributed by atoms with Gasteiger partial charge in [0.05, 0.1) is 31.9 Å². The summed E-state index contributed by atoms with van der Waals surface area (Å²) in [6.45, 7) is 3.53. The number of esters is 1. The lowest BCUT2D eigenvalue weighted by Crippen LogP contribution is -2.59. The Hall–Kier alpha value is -7.94. The molecule has 0 bridgehead atoms. The van der Waals surface area contributed by atoms with Crippen molar-refractivity contribution < 1.29 is 52.4 Å². The first-order valence-corrected chi connectivity index (χ1v) is 22.6. The van der Waals surface area contributed by atoms with E-state index in [0.717, 1.165) is 29.9 Å². The van der Waals surface area contributed by atoms with Gasteiger partial charge in [-0.15, -0.1) is 0 Å². The van der Waals surface area contributed by atoms with E-state index in [2.05, 4.69) is 29.2 Å². The maximum atomic E-state index is 13.2. The molecule has 5 aromatic carbocycles. The Balaban J connectivity index is 0.000000200. The molecular formula is C53H52N4O11. The molecule has 3 aliphatic rings. The van der Waals surface area contributed by atoms with Crippen molar-refractivity contribution in [1.29, 1.82) is 0 Å². The molecule has 9 rings (SSSR count). The number of nitrogens with zero attached hydrogens (tertiary/aromatic N) is 4. The van der Waals surface area contributed by atoms with Crippen molar-refractivity contribution in [3.8, 4) is 34.1 Å². The standard InChI is InChI=1S/C31H29N3O7.C22H23NO4/c1-21-26(32-28(40-21)22-8-4-2-5-9-22)16-19-39-24-14-12-23(13-15-24)29(35)34-18-17-33(20-27(34)30(36)37)31(38)41-25-10-6-3-7-11-25;1-26-21(24)15-7-6-12-23(13-15)22(25)27-14-20-18-10-4-2-8-16(18)17-9-3-5-11-19(17)20/h2-15,27H,16-20H2,1H3,(H,36,37);2-5,8-11,15,20H,6-7,12-14H2,1H3. The number of hydrogen-bond acceptors (Lipinski definition) is 11. The number of aliphatic carboxylic acids is 1. The number of rotatable bonds is 11. The van der Waals surface area contributed by atoms with Gasteiger partial charge in [-0.25, -0.2) is 19.4 Å². The van der Waals surface area contributed by atoms with Crippen molar-refractivity contribution in [1.82, 2.24) is 19.7 Å². The largest absolute Gasteiger partial charge is 0.493 e. The van der Waals surface area contributed by atoms with Gasteiger partial charge in [0.25, 0.3) is 5.91 Å². The minimum absolute atomic E-state index is 0.0440. The molecule has 6 aromatic rings. The van der Waals surface area contributed by atoms with Gasteiger partial charge in [-0.3, -0.25) is 9.59 Å². The number of para-hydroxylation sites is 1. The summed E-state index contributed by atoms with van der Waals surface area (Å²) < 4.78 is 27.5. The summed E-state index contributed by atoms with van der Waals surface area (Å²) in [6, 6.07) is 40.0. The van der Waals surface area contributed by atoms with Gasteiger partial charge in [0.2, 0.25) is 5.89 Å². The highest BCUT2D eigenvalue weighted by molar-refractivity contribution is 5.97. The highest BCUT2D eigenvalue weighted by Gasteiger charge is 2.38. The molecule has 3 heterocycles. The molecule has 2 saturated heterocycles. The summed E-state index contributed by atoms with van der Waals surface area (Å²) in [5, 5.41) is 9.81. The van der Waals surface area contributed by atoms with Gasteiger partial charge in [0, 0.05) is 49.6 Å². The monoisotopic (exact) mass is 920 g/mol. The number of ether oxygens (including phenoxy) is 4. The fraction of sp³-hybridized carbons (Fsp3) is 0.283. The average molecular weight is 921 g/mol. The Morgan fingerprint density at radius 1 is 0.721 bits per heavy atom. The Bertz CT molecular complexity index is 2680. The summed E-state index contributed by atoms with van der Waals surface area (Å²) in [4.78, 5) is 70.9. The van der Waals surface area contributed by atoms with Gasteiger partial charge in [-0.05, 0) is 90.6 Å². The molecule has 350 valence electrons. The third-order valence-electron chi connectivity index (χ3n) is 12.3. The van der Waals surface area contributed by atoms with Crippen LogP contribution in [-0.4, -0.2) is 114 Å². The summed E-state index contributed by atoms with van der Waals surface area (Å²) in [7, 11) is 1.38. The van der Waals surface area contributed by atoms with Crippen LogP contribution >= 0.6 is 0 Å². The number of amides is 3. The minimum atomic E-state index is -1.21. The maximum Gasteiger partial charge on any atom is 0.415 e. The first-order chi connectivity index (χ1) is 33.1. The molecule has 68 heavy (non-hydrogen) atoms. The number of carbonyl (C=O) groups is 5. The number of piperazine rings is 1. The third-order valence-corrected chi connectivity index (χ3v) is 12.3. The number of carboxylic acids is 1. The van der Waals surface area contributed by atoms with Gasteiger partial charge in [-0.1, -0.05) is 84.9 Å². The molecule has 0 spiro atoms. The van der Waals surface area contributed by atoms with Crippen LogP contribution in [0.15, 0.2) is 138 Å². The topological polar surface area (TPSA) is 178 Å². The highest BCUT2D eigenvalue weighted by atomic mass is 16.6.